The molecule has 3 heterocycles. The van der Waals surface area contributed by atoms with E-state index in [4.69, 9.17) is 4.74 Å². The lowest BCUT2D eigenvalue weighted by Gasteiger charge is -2.22. The topological polar surface area (TPSA) is 50.3 Å². The molecule has 0 aliphatic carbocycles. The number of aromatic nitrogens is 2. The number of fused-ring (bicyclic) bond motifs is 1. The smallest absolute Gasteiger partial charge is 0.137 e. The first-order chi connectivity index (χ1) is 12.3. The molecule has 25 heavy (non-hydrogen) atoms. The highest BCUT2D eigenvalue weighted by molar-refractivity contribution is 5.60. The average Bonchev–Trinajstić information content (AvgIpc) is 3.04. The zero-order valence-electron chi connectivity index (χ0n) is 14.9. The minimum absolute atomic E-state index is 0.692. The summed E-state index contributed by atoms with van der Waals surface area (Å²) in [5.74, 6) is 1.65. The van der Waals surface area contributed by atoms with Gasteiger partial charge in [0.15, 0.2) is 0 Å². The number of anilines is 2. The van der Waals surface area contributed by atoms with Gasteiger partial charge in [-0.2, -0.15) is 0 Å². The highest BCUT2D eigenvalue weighted by Gasteiger charge is 2.23. The molecule has 4 rings (SSSR count). The number of hydrogen-bond donors (Lipinski definition) is 1. The fraction of sp³-hybridized carbons (Fsp3) is 0.500. The minimum atomic E-state index is 0.692. The summed E-state index contributed by atoms with van der Waals surface area (Å²) in [6, 6.07) is 8.45. The van der Waals surface area contributed by atoms with Crippen LogP contribution in [0, 0.1) is 12.8 Å². The number of nitrogens with zero attached hydrogens (tertiary/aromatic N) is 3. The van der Waals surface area contributed by atoms with Gasteiger partial charge in [0, 0.05) is 43.9 Å². The van der Waals surface area contributed by atoms with Crippen molar-refractivity contribution in [3.05, 3.63) is 47.4 Å². The Morgan fingerprint density at radius 1 is 1.16 bits per heavy atom. The van der Waals surface area contributed by atoms with Crippen LogP contribution in [-0.4, -0.2) is 47.7 Å². The fourth-order valence-electron chi connectivity index (χ4n) is 3.73. The van der Waals surface area contributed by atoms with Crippen LogP contribution in [0.25, 0.3) is 0 Å². The predicted octanol–water partition coefficient (Wildman–Crippen LogP) is 2.97. The molecule has 132 valence electrons. The first-order valence-electron chi connectivity index (χ1n) is 9.24. The second-order valence-corrected chi connectivity index (χ2v) is 7.17. The zero-order chi connectivity index (χ0) is 17.1. The Morgan fingerprint density at radius 3 is 2.80 bits per heavy atom. The zero-order valence-corrected chi connectivity index (χ0v) is 14.9. The van der Waals surface area contributed by atoms with Crippen molar-refractivity contribution in [2.75, 3.05) is 38.2 Å². The molecule has 1 aromatic heterocycles. The van der Waals surface area contributed by atoms with E-state index >= 15 is 0 Å². The highest BCUT2D eigenvalue weighted by atomic mass is 16.5. The second-order valence-electron chi connectivity index (χ2n) is 7.17. The van der Waals surface area contributed by atoms with Crippen LogP contribution in [0.15, 0.2) is 30.6 Å². The third kappa shape index (κ3) is 3.99. The summed E-state index contributed by atoms with van der Waals surface area (Å²) >= 11 is 0. The van der Waals surface area contributed by atoms with Gasteiger partial charge in [0.25, 0.3) is 0 Å². The molecule has 5 nitrogen and oxygen atoms in total. The predicted molar refractivity (Wildman–Crippen MR) is 99.3 cm³/mol. The Labute approximate surface area is 149 Å². The average molecular weight is 338 g/mol. The summed E-state index contributed by atoms with van der Waals surface area (Å²) in [5, 5.41) is 3.49. The lowest BCUT2D eigenvalue weighted by Crippen LogP contribution is -2.32. The van der Waals surface area contributed by atoms with Crippen molar-refractivity contribution >= 4 is 11.5 Å². The van der Waals surface area contributed by atoms with Crippen molar-refractivity contribution in [2.24, 2.45) is 5.92 Å². The first-order valence-corrected chi connectivity index (χ1v) is 9.24. The third-order valence-corrected chi connectivity index (χ3v) is 5.23. The van der Waals surface area contributed by atoms with Crippen LogP contribution in [0.5, 0.6) is 0 Å². The van der Waals surface area contributed by atoms with Gasteiger partial charge in [0.05, 0.1) is 12.3 Å². The SMILES string of the molecule is Cc1ccc(Nc2ncnc3c2CCN(C[C@H]2CCOC2)CC3)cc1. The van der Waals surface area contributed by atoms with Crippen molar-refractivity contribution in [3.8, 4) is 0 Å². The molecule has 2 aliphatic heterocycles. The van der Waals surface area contributed by atoms with E-state index in [9.17, 15) is 0 Å². The van der Waals surface area contributed by atoms with E-state index in [0.717, 1.165) is 57.2 Å². The van der Waals surface area contributed by atoms with Crippen LogP contribution in [0.2, 0.25) is 0 Å². The molecule has 5 heteroatoms. The Hall–Kier alpha value is -1.98. The van der Waals surface area contributed by atoms with Gasteiger partial charge in [-0.1, -0.05) is 17.7 Å². The van der Waals surface area contributed by atoms with Crippen LogP contribution in [0.4, 0.5) is 11.5 Å². The van der Waals surface area contributed by atoms with Crippen molar-refractivity contribution in [3.63, 3.8) is 0 Å². The molecule has 1 N–H and O–H groups in total. The molecule has 0 bridgehead atoms. The Balaban J connectivity index is 1.47. The van der Waals surface area contributed by atoms with E-state index in [1.165, 1.54) is 23.2 Å². The van der Waals surface area contributed by atoms with E-state index in [1.807, 2.05) is 0 Å². The maximum Gasteiger partial charge on any atom is 0.137 e. The van der Waals surface area contributed by atoms with Crippen molar-refractivity contribution in [1.82, 2.24) is 14.9 Å². The van der Waals surface area contributed by atoms with Gasteiger partial charge in [0.2, 0.25) is 0 Å². The van der Waals surface area contributed by atoms with Crippen LogP contribution in [0.1, 0.15) is 23.2 Å². The normalized spacial score (nSPS) is 20.9. The highest BCUT2D eigenvalue weighted by Crippen LogP contribution is 2.25. The van der Waals surface area contributed by atoms with Gasteiger partial charge in [-0.05, 0) is 37.8 Å². The molecular formula is C20H26N4O. The molecular weight excluding hydrogens is 312 g/mol. The molecule has 0 amide bonds. The quantitative estimate of drug-likeness (QED) is 0.929. The molecule has 0 saturated carbocycles. The van der Waals surface area contributed by atoms with Crippen LogP contribution >= 0.6 is 0 Å². The largest absolute Gasteiger partial charge is 0.381 e. The van der Waals surface area contributed by atoms with E-state index in [-0.39, 0.29) is 0 Å². The molecule has 1 aromatic carbocycles. The van der Waals surface area contributed by atoms with Crippen LogP contribution < -0.4 is 5.32 Å². The Kier molecular flexibility index (Phi) is 4.95. The summed E-state index contributed by atoms with van der Waals surface area (Å²) in [6.07, 6.45) is 4.88. The molecule has 1 saturated heterocycles. The maximum atomic E-state index is 5.53. The number of ether oxygens (including phenoxy) is 1. The molecule has 0 unspecified atom stereocenters. The third-order valence-electron chi connectivity index (χ3n) is 5.23. The number of hydrogen-bond acceptors (Lipinski definition) is 5. The molecule has 1 atom stereocenters. The van der Waals surface area contributed by atoms with E-state index in [1.54, 1.807) is 6.33 Å². The second kappa shape index (κ2) is 7.50. The lowest BCUT2D eigenvalue weighted by atomic mass is 10.1. The number of nitrogens with one attached hydrogen (secondary N) is 1. The van der Waals surface area contributed by atoms with Crippen molar-refractivity contribution in [2.45, 2.75) is 26.2 Å². The number of benzene rings is 1. The molecule has 0 spiro atoms. The molecule has 2 aliphatic rings. The number of rotatable bonds is 4. The van der Waals surface area contributed by atoms with Gasteiger partial charge < -0.3 is 15.0 Å². The van der Waals surface area contributed by atoms with Gasteiger partial charge >= 0.3 is 0 Å². The Morgan fingerprint density at radius 2 is 2.00 bits per heavy atom. The Bertz CT molecular complexity index is 710. The summed E-state index contributed by atoms with van der Waals surface area (Å²) in [7, 11) is 0. The number of aryl methyl sites for hydroxylation is 1. The maximum absolute atomic E-state index is 5.53. The van der Waals surface area contributed by atoms with E-state index in [2.05, 4.69) is 51.4 Å². The summed E-state index contributed by atoms with van der Waals surface area (Å²) in [5.41, 5.74) is 4.80. The van der Waals surface area contributed by atoms with E-state index in [0.29, 0.717) is 5.92 Å². The van der Waals surface area contributed by atoms with Gasteiger partial charge in [-0.25, -0.2) is 9.97 Å². The summed E-state index contributed by atoms with van der Waals surface area (Å²) in [4.78, 5) is 11.6. The van der Waals surface area contributed by atoms with E-state index < -0.39 is 0 Å². The molecule has 2 aromatic rings. The van der Waals surface area contributed by atoms with Crippen molar-refractivity contribution in [1.29, 1.82) is 0 Å². The fourth-order valence-corrected chi connectivity index (χ4v) is 3.73. The monoisotopic (exact) mass is 338 g/mol. The van der Waals surface area contributed by atoms with Gasteiger partial charge in [-0.15, -0.1) is 0 Å². The summed E-state index contributed by atoms with van der Waals surface area (Å²) in [6.45, 7) is 7.23. The molecule has 1 fully saturated rings. The lowest BCUT2D eigenvalue weighted by molar-refractivity contribution is 0.168. The van der Waals surface area contributed by atoms with Gasteiger partial charge in [0.1, 0.15) is 12.1 Å². The standard InChI is InChI=1S/C20H26N4O/c1-15-2-4-17(5-3-15)23-20-18-6-9-24(12-16-8-11-25-13-16)10-7-19(18)21-14-22-20/h2-5,14,16H,6-13H2,1H3,(H,21,22,23)/t16-/m1/s1. The van der Waals surface area contributed by atoms with Crippen molar-refractivity contribution < 1.29 is 4.74 Å². The van der Waals surface area contributed by atoms with Gasteiger partial charge in [-0.3, -0.25) is 0 Å². The van der Waals surface area contributed by atoms with Crippen LogP contribution in [-0.2, 0) is 17.6 Å². The molecule has 0 radical (unpaired) electrons. The summed E-state index contributed by atoms with van der Waals surface area (Å²) < 4.78 is 5.53. The first kappa shape index (κ1) is 16.5. The minimum Gasteiger partial charge on any atom is -0.381 e. The van der Waals surface area contributed by atoms with Crippen LogP contribution in [0.3, 0.4) is 0 Å².